The Hall–Kier alpha value is -4.50. The summed E-state index contributed by atoms with van der Waals surface area (Å²) < 4.78 is 43.4. The molecule has 0 aliphatic heterocycles. The topological polar surface area (TPSA) is 86.8 Å². The molecular weight excluding hydrogens is 614 g/mol. The van der Waals surface area contributed by atoms with E-state index in [-0.39, 0.29) is 29.7 Å². The summed E-state index contributed by atoms with van der Waals surface area (Å²) in [6.07, 6.45) is 1.85. The van der Waals surface area contributed by atoms with Gasteiger partial charge in [-0.3, -0.25) is 13.9 Å². The Labute approximate surface area is 278 Å². The second kappa shape index (κ2) is 16.4. The number of halogens is 1. The van der Waals surface area contributed by atoms with E-state index in [4.69, 9.17) is 0 Å². The number of nitrogens with one attached hydrogen (secondary N) is 1. The van der Waals surface area contributed by atoms with Crippen LogP contribution in [-0.4, -0.2) is 44.3 Å². The number of unbranched alkanes of at least 4 members (excludes halogenated alkanes) is 1. The maximum atomic E-state index is 14.5. The van der Waals surface area contributed by atoms with Gasteiger partial charge in [0.25, 0.3) is 10.0 Å². The van der Waals surface area contributed by atoms with Crippen molar-refractivity contribution >= 4 is 27.5 Å². The summed E-state index contributed by atoms with van der Waals surface area (Å²) in [5.74, 6) is -1.11. The number of carbonyl (C=O) groups is 2. The standard InChI is InChI=1S/C38H44FN3O4S/c1-5-6-24-40-38(44)36(25-30-10-8-7-9-11-30)41(26-31-14-18-33(39)19-15-31)37(43)27-42(34-20-16-32(17-21-34)28(2)3)47(45,46)35-22-12-29(4)13-23-35/h7-23,28,36H,5-6,24-27H2,1-4H3,(H,40,44)/t36-/m1/s1. The normalized spacial score (nSPS) is 12.0. The molecule has 248 valence electrons. The van der Waals surface area contributed by atoms with Crippen molar-refractivity contribution in [2.24, 2.45) is 0 Å². The van der Waals surface area contributed by atoms with Crippen molar-refractivity contribution in [2.75, 3.05) is 17.4 Å². The molecule has 1 atom stereocenters. The van der Waals surface area contributed by atoms with Crippen LogP contribution in [0.5, 0.6) is 0 Å². The SMILES string of the molecule is CCCCNC(=O)[C@@H](Cc1ccccc1)N(Cc1ccc(F)cc1)C(=O)CN(c1ccc(C(C)C)cc1)S(=O)(=O)c1ccc(C)cc1. The Bertz CT molecular complexity index is 1710. The molecule has 0 aliphatic rings. The van der Waals surface area contributed by atoms with Gasteiger partial charge in [0.1, 0.15) is 18.4 Å². The smallest absolute Gasteiger partial charge is 0.264 e. The van der Waals surface area contributed by atoms with E-state index >= 15 is 0 Å². The molecule has 0 saturated heterocycles. The number of amides is 2. The third-order valence-corrected chi connectivity index (χ3v) is 9.89. The quantitative estimate of drug-likeness (QED) is 0.139. The summed E-state index contributed by atoms with van der Waals surface area (Å²) >= 11 is 0. The van der Waals surface area contributed by atoms with Crippen LogP contribution in [-0.2, 0) is 32.6 Å². The van der Waals surface area contributed by atoms with Crippen molar-refractivity contribution in [3.63, 3.8) is 0 Å². The minimum absolute atomic E-state index is 0.0253. The highest BCUT2D eigenvalue weighted by atomic mass is 32.2. The average molecular weight is 658 g/mol. The van der Waals surface area contributed by atoms with Crippen molar-refractivity contribution < 1.29 is 22.4 Å². The lowest BCUT2D eigenvalue weighted by Gasteiger charge is -2.34. The number of anilines is 1. The number of benzene rings is 4. The van der Waals surface area contributed by atoms with E-state index < -0.39 is 34.3 Å². The fourth-order valence-electron chi connectivity index (χ4n) is 5.24. The third-order valence-electron chi connectivity index (χ3n) is 8.10. The summed E-state index contributed by atoms with van der Waals surface area (Å²) in [7, 11) is -4.20. The van der Waals surface area contributed by atoms with Crippen molar-refractivity contribution in [1.82, 2.24) is 10.2 Å². The van der Waals surface area contributed by atoms with Gasteiger partial charge in [-0.25, -0.2) is 12.8 Å². The molecule has 9 heteroatoms. The first-order valence-corrected chi connectivity index (χ1v) is 17.5. The lowest BCUT2D eigenvalue weighted by Crippen LogP contribution is -2.53. The lowest BCUT2D eigenvalue weighted by molar-refractivity contribution is -0.140. The van der Waals surface area contributed by atoms with Crippen LogP contribution in [0.2, 0.25) is 0 Å². The molecule has 0 fully saturated rings. The van der Waals surface area contributed by atoms with Crippen molar-refractivity contribution in [2.45, 2.75) is 70.4 Å². The summed E-state index contributed by atoms with van der Waals surface area (Å²) in [5, 5.41) is 2.97. The molecule has 0 heterocycles. The Morgan fingerprint density at radius 3 is 2.06 bits per heavy atom. The molecule has 0 aromatic heterocycles. The Balaban J connectivity index is 1.79. The molecule has 0 unspecified atom stereocenters. The van der Waals surface area contributed by atoms with E-state index in [1.807, 2.05) is 70.2 Å². The Morgan fingerprint density at radius 1 is 0.830 bits per heavy atom. The van der Waals surface area contributed by atoms with Gasteiger partial charge < -0.3 is 10.2 Å². The molecule has 47 heavy (non-hydrogen) atoms. The monoisotopic (exact) mass is 657 g/mol. The number of hydrogen-bond donors (Lipinski definition) is 1. The van der Waals surface area contributed by atoms with Gasteiger partial charge in [-0.2, -0.15) is 0 Å². The maximum Gasteiger partial charge on any atom is 0.264 e. The highest BCUT2D eigenvalue weighted by molar-refractivity contribution is 7.92. The Kier molecular flexibility index (Phi) is 12.3. The molecule has 4 aromatic rings. The largest absolute Gasteiger partial charge is 0.354 e. The van der Waals surface area contributed by atoms with E-state index in [2.05, 4.69) is 5.32 Å². The maximum absolute atomic E-state index is 14.5. The molecule has 0 saturated carbocycles. The summed E-state index contributed by atoms with van der Waals surface area (Å²) in [6.45, 7) is 7.85. The van der Waals surface area contributed by atoms with Gasteiger partial charge in [0, 0.05) is 19.5 Å². The van der Waals surface area contributed by atoms with E-state index in [9.17, 15) is 22.4 Å². The third kappa shape index (κ3) is 9.51. The fourth-order valence-corrected chi connectivity index (χ4v) is 6.65. The van der Waals surface area contributed by atoms with E-state index in [1.165, 1.54) is 29.2 Å². The predicted molar refractivity (Wildman–Crippen MR) is 185 cm³/mol. The zero-order chi connectivity index (χ0) is 34.0. The minimum atomic E-state index is -4.20. The first-order valence-electron chi connectivity index (χ1n) is 16.0. The van der Waals surface area contributed by atoms with Crippen molar-refractivity contribution in [1.29, 1.82) is 0 Å². The molecule has 0 radical (unpaired) electrons. The predicted octanol–water partition coefficient (Wildman–Crippen LogP) is 7.01. The second-order valence-corrected chi connectivity index (χ2v) is 13.9. The molecule has 4 aromatic carbocycles. The first-order chi connectivity index (χ1) is 22.5. The molecule has 7 nitrogen and oxygen atoms in total. The summed E-state index contributed by atoms with van der Waals surface area (Å²) in [5.41, 5.74) is 3.70. The molecule has 0 spiro atoms. The molecule has 0 bridgehead atoms. The van der Waals surface area contributed by atoms with Crippen LogP contribution in [0, 0.1) is 12.7 Å². The van der Waals surface area contributed by atoms with E-state index in [0.29, 0.717) is 17.8 Å². The fraction of sp³-hybridized carbons (Fsp3) is 0.316. The first kappa shape index (κ1) is 35.4. The molecule has 2 amide bonds. The number of carbonyl (C=O) groups excluding carboxylic acids is 2. The highest BCUT2D eigenvalue weighted by Crippen LogP contribution is 2.27. The van der Waals surface area contributed by atoms with Gasteiger partial charge in [-0.1, -0.05) is 99.5 Å². The number of hydrogen-bond acceptors (Lipinski definition) is 4. The van der Waals surface area contributed by atoms with E-state index in [0.717, 1.165) is 33.8 Å². The molecule has 1 N–H and O–H groups in total. The van der Waals surface area contributed by atoms with Crippen molar-refractivity contribution in [3.8, 4) is 0 Å². The van der Waals surface area contributed by atoms with E-state index in [1.54, 1.807) is 36.4 Å². The van der Waals surface area contributed by atoms with Gasteiger partial charge in [0.15, 0.2) is 0 Å². The number of sulfonamides is 1. The number of nitrogens with zero attached hydrogens (tertiary/aromatic N) is 2. The molecular formula is C38H44FN3O4S. The van der Waals surface area contributed by atoms with Crippen LogP contribution < -0.4 is 9.62 Å². The van der Waals surface area contributed by atoms with Gasteiger partial charge in [0.05, 0.1) is 10.6 Å². The van der Waals surface area contributed by atoms with Crippen molar-refractivity contribution in [3.05, 3.63) is 131 Å². The van der Waals surface area contributed by atoms with Crippen LogP contribution in [0.1, 0.15) is 61.8 Å². The number of aryl methyl sites for hydroxylation is 1. The summed E-state index contributed by atoms with van der Waals surface area (Å²) in [4.78, 5) is 29.8. The van der Waals surface area contributed by atoms with Gasteiger partial charge in [0.2, 0.25) is 11.8 Å². The molecule has 0 aliphatic carbocycles. The van der Waals surface area contributed by atoms with Crippen LogP contribution in [0.3, 0.4) is 0 Å². The minimum Gasteiger partial charge on any atom is -0.354 e. The van der Waals surface area contributed by atoms with Gasteiger partial charge in [-0.05, 0) is 72.4 Å². The summed E-state index contributed by atoms with van der Waals surface area (Å²) in [6, 6.07) is 27.8. The van der Waals surface area contributed by atoms with Gasteiger partial charge >= 0.3 is 0 Å². The van der Waals surface area contributed by atoms with Crippen LogP contribution >= 0.6 is 0 Å². The second-order valence-electron chi connectivity index (χ2n) is 12.1. The average Bonchev–Trinajstić information content (AvgIpc) is 3.06. The zero-order valence-electron chi connectivity index (χ0n) is 27.5. The zero-order valence-corrected chi connectivity index (χ0v) is 28.3. The van der Waals surface area contributed by atoms with Crippen LogP contribution in [0.15, 0.2) is 108 Å². The highest BCUT2D eigenvalue weighted by Gasteiger charge is 2.34. The van der Waals surface area contributed by atoms with Gasteiger partial charge in [-0.15, -0.1) is 0 Å². The van der Waals surface area contributed by atoms with Crippen LogP contribution in [0.4, 0.5) is 10.1 Å². The number of rotatable bonds is 15. The molecule has 4 rings (SSSR count). The Morgan fingerprint density at radius 2 is 1.47 bits per heavy atom. The lowest BCUT2D eigenvalue weighted by atomic mass is 10.0. The van der Waals surface area contributed by atoms with Crippen LogP contribution in [0.25, 0.3) is 0 Å².